The van der Waals surface area contributed by atoms with Crippen LogP contribution in [0, 0.1) is 12.7 Å². The van der Waals surface area contributed by atoms with Crippen LogP contribution in [0.25, 0.3) is 5.69 Å². The van der Waals surface area contributed by atoms with Gasteiger partial charge in [-0.2, -0.15) is 0 Å². The van der Waals surface area contributed by atoms with Crippen LogP contribution in [0.2, 0.25) is 0 Å². The van der Waals surface area contributed by atoms with E-state index in [1.54, 1.807) is 43.3 Å². The van der Waals surface area contributed by atoms with Gasteiger partial charge in [0, 0.05) is 0 Å². The van der Waals surface area contributed by atoms with Crippen molar-refractivity contribution in [3.8, 4) is 11.6 Å². The number of halogens is 1. The Morgan fingerprint density at radius 1 is 1.19 bits per heavy atom. The summed E-state index contributed by atoms with van der Waals surface area (Å²) in [4.78, 5) is 30.9. The Balaban J connectivity index is 2.06. The molecule has 0 saturated heterocycles. The lowest BCUT2D eigenvalue weighted by Crippen LogP contribution is -2.32. The highest BCUT2D eigenvalue weighted by Gasteiger charge is 2.17. The van der Waals surface area contributed by atoms with Gasteiger partial charge in [0.2, 0.25) is 5.88 Å². The number of rotatable bonds is 4. The van der Waals surface area contributed by atoms with Gasteiger partial charge in [0.1, 0.15) is 11.4 Å². The van der Waals surface area contributed by atoms with Crippen LogP contribution in [0.4, 0.5) is 4.39 Å². The Morgan fingerprint density at radius 3 is 2.56 bits per heavy atom. The predicted molar refractivity (Wildman–Crippen MR) is 101 cm³/mol. The van der Waals surface area contributed by atoms with E-state index in [0.717, 1.165) is 10.1 Å². The van der Waals surface area contributed by atoms with Crippen molar-refractivity contribution in [2.75, 3.05) is 0 Å². The van der Waals surface area contributed by atoms with Crippen molar-refractivity contribution in [3.63, 3.8) is 0 Å². The molecule has 0 bridgehead atoms. The van der Waals surface area contributed by atoms with Crippen LogP contribution in [0.1, 0.15) is 23.6 Å². The molecule has 0 atom stereocenters. The third-order valence-corrected chi connectivity index (χ3v) is 4.13. The third kappa shape index (κ3) is 3.87. The zero-order chi connectivity index (χ0) is 19.6. The summed E-state index contributed by atoms with van der Waals surface area (Å²) >= 11 is 0. The third-order valence-electron chi connectivity index (χ3n) is 4.13. The first kappa shape index (κ1) is 18.3. The van der Waals surface area contributed by atoms with E-state index in [0.29, 0.717) is 11.3 Å². The van der Waals surface area contributed by atoms with Crippen LogP contribution >= 0.6 is 0 Å². The fraction of sp³-hybridized carbons (Fsp3) is 0.150. The average Bonchev–Trinajstić information content (AvgIpc) is 2.61. The molecule has 7 heteroatoms. The number of aryl methyl sites for hydroxylation is 1. The summed E-state index contributed by atoms with van der Waals surface area (Å²) < 4.78 is 14.3. The van der Waals surface area contributed by atoms with Crippen molar-refractivity contribution in [3.05, 3.63) is 91.9 Å². The molecule has 0 aliphatic rings. The van der Waals surface area contributed by atoms with E-state index in [-0.39, 0.29) is 23.6 Å². The molecule has 2 N–H and O–H groups in total. The smallest absolute Gasteiger partial charge is 0.335 e. The number of H-pyrrole nitrogens is 1. The Hall–Kier alpha value is -3.48. The highest BCUT2D eigenvalue weighted by Crippen LogP contribution is 2.18. The van der Waals surface area contributed by atoms with Crippen LogP contribution in [-0.4, -0.2) is 20.4 Å². The Labute approximate surface area is 154 Å². The first-order valence-corrected chi connectivity index (χ1v) is 8.28. The lowest BCUT2D eigenvalue weighted by molar-refractivity contribution is 0.429. The van der Waals surface area contributed by atoms with E-state index in [1.807, 2.05) is 6.92 Å². The summed E-state index contributed by atoms with van der Waals surface area (Å²) in [7, 11) is 0. The van der Waals surface area contributed by atoms with Crippen molar-refractivity contribution in [1.82, 2.24) is 9.55 Å². The van der Waals surface area contributed by atoms with Gasteiger partial charge < -0.3 is 5.11 Å². The van der Waals surface area contributed by atoms with Gasteiger partial charge in [-0.3, -0.25) is 14.8 Å². The van der Waals surface area contributed by atoms with E-state index in [9.17, 15) is 19.1 Å². The number of hydrogen-bond donors (Lipinski definition) is 2. The molecule has 0 saturated carbocycles. The summed E-state index contributed by atoms with van der Waals surface area (Å²) in [5, 5.41) is 10.6. The molecule has 2 aromatic carbocycles. The van der Waals surface area contributed by atoms with Crippen molar-refractivity contribution in [2.45, 2.75) is 20.4 Å². The molecule has 1 aromatic heterocycles. The van der Waals surface area contributed by atoms with Gasteiger partial charge in [-0.15, -0.1) is 0 Å². The van der Waals surface area contributed by atoms with Crippen LogP contribution < -0.4 is 11.2 Å². The second-order valence-corrected chi connectivity index (χ2v) is 6.16. The monoisotopic (exact) mass is 367 g/mol. The minimum atomic E-state index is -0.747. The molecule has 6 nitrogen and oxygen atoms in total. The minimum absolute atomic E-state index is 0.105. The normalized spacial score (nSPS) is 11.6. The lowest BCUT2D eigenvalue weighted by atomic mass is 10.2. The zero-order valence-electron chi connectivity index (χ0n) is 14.9. The van der Waals surface area contributed by atoms with Crippen molar-refractivity contribution in [2.24, 2.45) is 4.99 Å². The van der Waals surface area contributed by atoms with Gasteiger partial charge in [-0.1, -0.05) is 29.8 Å². The number of benzene rings is 2. The summed E-state index contributed by atoms with van der Waals surface area (Å²) in [6, 6.07) is 12.8. The number of aromatic hydroxyl groups is 1. The second kappa shape index (κ2) is 7.41. The second-order valence-electron chi connectivity index (χ2n) is 6.16. The number of aromatic nitrogens is 2. The topological polar surface area (TPSA) is 87.4 Å². The summed E-state index contributed by atoms with van der Waals surface area (Å²) in [6.07, 6.45) is 0. The van der Waals surface area contributed by atoms with E-state index in [2.05, 4.69) is 9.98 Å². The molecule has 3 aromatic rings. The van der Waals surface area contributed by atoms with Crippen LogP contribution in [0.5, 0.6) is 5.88 Å². The Kier molecular flexibility index (Phi) is 5.03. The van der Waals surface area contributed by atoms with E-state index >= 15 is 0 Å². The molecule has 0 radical (unpaired) electrons. The van der Waals surface area contributed by atoms with Gasteiger partial charge in [0.25, 0.3) is 5.56 Å². The highest BCUT2D eigenvalue weighted by molar-refractivity contribution is 6.00. The van der Waals surface area contributed by atoms with Crippen molar-refractivity contribution in [1.29, 1.82) is 0 Å². The molecular formula is C20H18FN3O3. The first-order valence-electron chi connectivity index (χ1n) is 8.28. The lowest BCUT2D eigenvalue weighted by Gasteiger charge is -2.11. The molecule has 1 heterocycles. The molecule has 0 aliphatic heterocycles. The number of nitrogens with zero attached hydrogens (tertiary/aromatic N) is 2. The Bertz CT molecular complexity index is 1130. The maximum Gasteiger partial charge on any atom is 0.335 e. The fourth-order valence-corrected chi connectivity index (χ4v) is 2.71. The first-order chi connectivity index (χ1) is 12.9. The van der Waals surface area contributed by atoms with E-state index < -0.39 is 17.1 Å². The largest absolute Gasteiger partial charge is 0.493 e. The van der Waals surface area contributed by atoms with Gasteiger partial charge >= 0.3 is 5.69 Å². The molecule has 0 aliphatic carbocycles. The molecular weight excluding hydrogens is 349 g/mol. The number of nitrogens with one attached hydrogen (secondary N) is 1. The molecule has 0 spiro atoms. The standard InChI is InChI=1S/C20H18FN3O3/c1-12-6-8-16(9-7-12)24-19(26)17(18(25)23-20(24)27)13(2)22-11-14-4-3-5-15(21)10-14/h3-10,26H,11H2,1-2H3,(H,23,25,27). The van der Waals surface area contributed by atoms with Gasteiger partial charge in [0.15, 0.2) is 0 Å². The van der Waals surface area contributed by atoms with Crippen LogP contribution in [-0.2, 0) is 6.54 Å². The predicted octanol–water partition coefficient (Wildman–Crippen LogP) is 2.69. The van der Waals surface area contributed by atoms with Crippen molar-refractivity contribution < 1.29 is 9.50 Å². The number of aliphatic imine (C=N–C) groups is 1. The SMILES string of the molecule is CC(=NCc1cccc(F)c1)c1c(O)n(-c2ccc(C)cc2)c(=O)[nH]c1=O. The van der Waals surface area contributed by atoms with Crippen LogP contribution in [0.3, 0.4) is 0 Å². The summed E-state index contributed by atoms with van der Waals surface area (Å²) in [6.45, 7) is 3.58. The quantitative estimate of drug-likeness (QED) is 0.695. The molecule has 27 heavy (non-hydrogen) atoms. The van der Waals surface area contributed by atoms with Crippen LogP contribution in [0.15, 0.2) is 63.1 Å². The maximum atomic E-state index is 13.3. The molecule has 0 unspecified atom stereocenters. The highest BCUT2D eigenvalue weighted by atomic mass is 19.1. The minimum Gasteiger partial charge on any atom is -0.493 e. The molecule has 0 amide bonds. The number of aromatic amines is 1. The van der Waals surface area contributed by atoms with E-state index in [1.165, 1.54) is 12.1 Å². The number of hydrogen-bond acceptors (Lipinski definition) is 4. The fourth-order valence-electron chi connectivity index (χ4n) is 2.71. The Morgan fingerprint density at radius 2 is 1.89 bits per heavy atom. The zero-order valence-corrected chi connectivity index (χ0v) is 14.9. The summed E-state index contributed by atoms with van der Waals surface area (Å²) in [5.74, 6) is -0.873. The van der Waals surface area contributed by atoms with Gasteiger partial charge in [-0.25, -0.2) is 13.8 Å². The van der Waals surface area contributed by atoms with E-state index in [4.69, 9.17) is 0 Å². The molecule has 0 fully saturated rings. The van der Waals surface area contributed by atoms with Crippen molar-refractivity contribution >= 4 is 5.71 Å². The maximum absolute atomic E-state index is 13.3. The molecule has 138 valence electrons. The molecule has 3 rings (SSSR count). The average molecular weight is 367 g/mol. The summed E-state index contributed by atoms with van der Waals surface area (Å²) in [5.41, 5.74) is 0.675. The van der Waals surface area contributed by atoms with Gasteiger partial charge in [0.05, 0.1) is 17.9 Å². The van der Waals surface area contributed by atoms with Gasteiger partial charge in [-0.05, 0) is 43.7 Å².